The van der Waals surface area contributed by atoms with Crippen molar-refractivity contribution < 1.29 is 9.53 Å². The molecule has 1 aromatic heterocycles. The van der Waals surface area contributed by atoms with E-state index in [4.69, 9.17) is 4.74 Å². The van der Waals surface area contributed by atoms with Crippen LogP contribution in [0.5, 0.6) is 5.75 Å². The molecule has 2 aromatic rings. The SMILES string of the molecule is COc1ccc(C(C)(C)C(=O)Nc2cccc(C)n2)cc1. The molecule has 0 spiro atoms. The van der Waals surface area contributed by atoms with E-state index in [0.717, 1.165) is 17.0 Å². The predicted octanol–water partition coefficient (Wildman–Crippen LogP) is 3.31. The van der Waals surface area contributed by atoms with Crippen molar-refractivity contribution in [3.05, 3.63) is 53.7 Å². The summed E-state index contributed by atoms with van der Waals surface area (Å²) in [6.45, 7) is 5.67. The summed E-state index contributed by atoms with van der Waals surface area (Å²) >= 11 is 0. The third-order valence-electron chi connectivity index (χ3n) is 3.51. The highest BCUT2D eigenvalue weighted by molar-refractivity contribution is 5.97. The quantitative estimate of drug-likeness (QED) is 0.937. The lowest BCUT2D eigenvalue weighted by molar-refractivity contribution is -0.120. The standard InChI is InChI=1S/C17H20N2O2/c1-12-6-5-7-15(18-12)19-16(20)17(2,3)13-8-10-14(21-4)11-9-13/h5-11H,1-4H3,(H,18,19,20). The number of anilines is 1. The van der Waals surface area contributed by atoms with Crippen molar-refractivity contribution in [2.45, 2.75) is 26.2 Å². The number of methoxy groups -OCH3 is 1. The number of amides is 1. The maximum Gasteiger partial charge on any atom is 0.235 e. The number of carbonyl (C=O) groups is 1. The normalized spacial score (nSPS) is 11.0. The largest absolute Gasteiger partial charge is 0.497 e. The Balaban J connectivity index is 2.19. The molecular weight excluding hydrogens is 264 g/mol. The van der Waals surface area contributed by atoms with Crippen molar-refractivity contribution in [2.24, 2.45) is 0 Å². The number of hydrogen-bond acceptors (Lipinski definition) is 3. The van der Waals surface area contributed by atoms with E-state index >= 15 is 0 Å². The molecule has 0 atom stereocenters. The molecule has 0 fully saturated rings. The zero-order valence-electron chi connectivity index (χ0n) is 12.8. The van der Waals surface area contributed by atoms with Gasteiger partial charge in [-0.05, 0) is 50.6 Å². The molecule has 0 aliphatic carbocycles. The lowest BCUT2D eigenvalue weighted by Gasteiger charge is -2.24. The number of hydrogen-bond donors (Lipinski definition) is 1. The second kappa shape index (κ2) is 5.95. The van der Waals surface area contributed by atoms with Crippen molar-refractivity contribution >= 4 is 11.7 Å². The van der Waals surface area contributed by atoms with E-state index in [1.807, 2.05) is 57.2 Å². The molecule has 0 radical (unpaired) electrons. The molecule has 21 heavy (non-hydrogen) atoms. The molecule has 0 aliphatic rings. The number of ether oxygens (including phenoxy) is 1. The molecule has 1 heterocycles. The Kier molecular flexibility index (Phi) is 4.26. The van der Waals surface area contributed by atoms with Crippen LogP contribution in [0.25, 0.3) is 0 Å². The average Bonchev–Trinajstić information content (AvgIpc) is 2.47. The first-order valence-electron chi connectivity index (χ1n) is 6.83. The monoisotopic (exact) mass is 284 g/mol. The van der Waals surface area contributed by atoms with Crippen LogP contribution in [-0.4, -0.2) is 18.0 Å². The molecule has 1 amide bonds. The fourth-order valence-corrected chi connectivity index (χ4v) is 2.02. The molecule has 1 N–H and O–H groups in total. The Labute approximate surface area is 125 Å². The van der Waals surface area contributed by atoms with Gasteiger partial charge in [-0.15, -0.1) is 0 Å². The van der Waals surface area contributed by atoms with Gasteiger partial charge in [0.15, 0.2) is 0 Å². The zero-order chi connectivity index (χ0) is 15.5. The van der Waals surface area contributed by atoms with E-state index in [1.54, 1.807) is 13.2 Å². The van der Waals surface area contributed by atoms with Crippen LogP contribution in [0.3, 0.4) is 0 Å². The third-order valence-corrected chi connectivity index (χ3v) is 3.51. The van der Waals surface area contributed by atoms with Crippen LogP contribution in [0.15, 0.2) is 42.5 Å². The van der Waals surface area contributed by atoms with E-state index in [2.05, 4.69) is 10.3 Å². The van der Waals surface area contributed by atoms with Crippen LogP contribution in [0.2, 0.25) is 0 Å². The van der Waals surface area contributed by atoms with E-state index in [9.17, 15) is 4.79 Å². The maximum atomic E-state index is 12.5. The molecule has 0 saturated carbocycles. The first-order valence-corrected chi connectivity index (χ1v) is 6.83. The van der Waals surface area contributed by atoms with Crippen LogP contribution < -0.4 is 10.1 Å². The summed E-state index contributed by atoms with van der Waals surface area (Å²) in [6, 6.07) is 13.1. The fourth-order valence-electron chi connectivity index (χ4n) is 2.02. The highest BCUT2D eigenvalue weighted by Gasteiger charge is 2.30. The molecule has 0 saturated heterocycles. The van der Waals surface area contributed by atoms with Gasteiger partial charge < -0.3 is 10.1 Å². The highest BCUT2D eigenvalue weighted by atomic mass is 16.5. The summed E-state index contributed by atoms with van der Waals surface area (Å²) in [5.41, 5.74) is 1.14. The van der Waals surface area contributed by atoms with Gasteiger partial charge in [-0.2, -0.15) is 0 Å². The van der Waals surface area contributed by atoms with Gasteiger partial charge in [0.2, 0.25) is 5.91 Å². The lowest BCUT2D eigenvalue weighted by atomic mass is 9.83. The van der Waals surface area contributed by atoms with Gasteiger partial charge in [0.25, 0.3) is 0 Å². The molecule has 2 rings (SSSR count). The van der Waals surface area contributed by atoms with Gasteiger partial charge >= 0.3 is 0 Å². The predicted molar refractivity (Wildman–Crippen MR) is 83.6 cm³/mol. The van der Waals surface area contributed by atoms with E-state index in [1.165, 1.54) is 0 Å². The Morgan fingerprint density at radius 2 is 1.81 bits per heavy atom. The summed E-state index contributed by atoms with van der Waals surface area (Å²) in [4.78, 5) is 16.8. The van der Waals surface area contributed by atoms with Gasteiger partial charge in [0.1, 0.15) is 11.6 Å². The molecule has 0 unspecified atom stereocenters. The minimum Gasteiger partial charge on any atom is -0.497 e. The second-order valence-electron chi connectivity index (χ2n) is 5.47. The number of carbonyl (C=O) groups excluding carboxylic acids is 1. The molecule has 1 aromatic carbocycles. The van der Waals surface area contributed by atoms with Crippen LogP contribution in [0, 0.1) is 6.92 Å². The van der Waals surface area contributed by atoms with E-state index in [-0.39, 0.29) is 5.91 Å². The Hall–Kier alpha value is -2.36. The van der Waals surface area contributed by atoms with Gasteiger partial charge in [-0.1, -0.05) is 18.2 Å². The molecule has 0 bridgehead atoms. The minimum absolute atomic E-state index is 0.0919. The number of pyridine rings is 1. The fraction of sp³-hybridized carbons (Fsp3) is 0.294. The van der Waals surface area contributed by atoms with Crippen molar-refractivity contribution in [2.75, 3.05) is 12.4 Å². The third kappa shape index (κ3) is 3.40. The minimum atomic E-state index is -0.655. The number of nitrogens with one attached hydrogen (secondary N) is 1. The number of benzene rings is 1. The maximum absolute atomic E-state index is 12.5. The molecular formula is C17H20N2O2. The Bertz CT molecular complexity index is 633. The van der Waals surface area contributed by atoms with Gasteiger partial charge in [0, 0.05) is 5.69 Å². The van der Waals surface area contributed by atoms with Crippen molar-refractivity contribution in [3.8, 4) is 5.75 Å². The van der Waals surface area contributed by atoms with Gasteiger partial charge in [0.05, 0.1) is 12.5 Å². The van der Waals surface area contributed by atoms with Crippen molar-refractivity contribution in [1.82, 2.24) is 4.98 Å². The number of aromatic nitrogens is 1. The summed E-state index contributed by atoms with van der Waals surface area (Å²) in [6.07, 6.45) is 0. The molecule has 4 nitrogen and oxygen atoms in total. The summed E-state index contributed by atoms with van der Waals surface area (Å²) in [5.74, 6) is 1.25. The highest BCUT2D eigenvalue weighted by Crippen LogP contribution is 2.26. The van der Waals surface area contributed by atoms with Crippen molar-refractivity contribution in [1.29, 1.82) is 0 Å². The molecule has 4 heteroatoms. The smallest absolute Gasteiger partial charge is 0.235 e. The van der Waals surface area contributed by atoms with Crippen LogP contribution >= 0.6 is 0 Å². The average molecular weight is 284 g/mol. The van der Waals surface area contributed by atoms with Crippen molar-refractivity contribution in [3.63, 3.8) is 0 Å². The van der Waals surface area contributed by atoms with Gasteiger partial charge in [-0.3, -0.25) is 4.79 Å². The summed E-state index contributed by atoms with van der Waals surface area (Å²) < 4.78 is 5.14. The molecule has 0 aliphatic heterocycles. The molecule has 110 valence electrons. The number of rotatable bonds is 4. The lowest BCUT2D eigenvalue weighted by Crippen LogP contribution is -2.35. The van der Waals surface area contributed by atoms with Crippen LogP contribution in [-0.2, 0) is 10.2 Å². The van der Waals surface area contributed by atoms with Crippen LogP contribution in [0.4, 0.5) is 5.82 Å². The number of aryl methyl sites for hydroxylation is 1. The second-order valence-corrected chi connectivity index (χ2v) is 5.47. The first-order chi connectivity index (χ1) is 9.93. The first kappa shape index (κ1) is 15.0. The van der Waals surface area contributed by atoms with E-state index in [0.29, 0.717) is 5.82 Å². The Morgan fingerprint density at radius 1 is 1.14 bits per heavy atom. The zero-order valence-corrected chi connectivity index (χ0v) is 12.8. The Morgan fingerprint density at radius 3 is 2.38 bits per heavy atom. The van der Waals surface area contributed by atoms with E-state index < -0.39 is 5.41 Å². The number of nitrogens with zero attached hydrogens (tertiary/aromatic N) is 1. The summed E-state index contributed by atoms with van der Waals surface area (Å²) in [7, 11) is 1.62. The van der Waals surface area contributed by atoms with Crippen LogP contribution in [0.1, 0.15) is 25.1 Å². The topological polar surface area (TPSA) is 51.2 Å². The summed E-state index contributed by atoms with van der Waals surface area (Å²) in [5, 5.41) is 2.87. The van der Waals surface area contributed by atoms with Gasteiger partial charge in [-0.25, -0.2) is 4.98 Å².